The second-order valence-electron chi connectivity index (χ2n) is 8.23. The van der Waals surface area contributed by atoms with Crippen molar-refractivity contribution in [1.29, 1.82) is 0 Å². The number of hydrogen-bond donors (Lipinski definition) is 3. The van der Waals surface area contributed by atoms with Gasteiger partial charge in [0.05, 0.1) is 6.10 Å². The molecule has 1 aliphatic heterocycles. The first kappa shape index (κ1) is 20.0. The van der Waals surface area contributed by atoms with Crippen LogP contribution in [0.5, 0.6) is 0 Å². The van der Waals surface area contributed by atoms with Gasteiger partial charge in [0, 0.05) is 34.0 Å². The minimum atomic E-state index is -2.20. The van der Waals surface area contributed by atoms with Crippen LogP contribution in [-0.2, 0) is 19.1 Å². The average Bonchev–Trinajstić information content (AvgIpc) is 2.86. The third-order valence-corrected chi connectivity index (χ3v) is 7.10. The molecule has 0 amide bonds. The number of carbonyl (C=O) groups excluding carboxylic acids is 2. The van der Waals surface area contributed by atoms with Crippen LogP contribution < -0.4 is 0 Å². The van der Waals surface area contributed by atoms with Gasteiger partial charge in [-0.2, -0.15) is 0 Å². The van der Waals surface area contributed by atoms with E-state index in [1.807, 2.05) is 6.92 Å². The van der Waals surface area contributed by atoms with Crippen molar-refractivity contribution >= 4 is 11.9 Å². The molecule has 2 fully saturated rings. The summed E-state index contributed by atoms with van der Waals surface area (Å²) in [5.74, 6) is -4.18. The predicted molar refractivity (Wildman–Crippen MR) is 95.1 cm³/mol. The maximum atomic E-state index is 12.2. The van der Waals surface area contributed by atoms with Crippen LogP contribution in [0.4, 0.5) is 0 Å². The minimum absolute atomic E-state index is 0.0159. The van der Waals surface area contributed by atoms with E-state index in [9.17, 15) is 24.9 Å². The zero-order valence-corrected chi connectivity index (χ0v) is 16.4. The molecule has 0 spiro atoms. The van der Waals surface area contributed by atoms with Crippen LogP contribution in [0.1, 0.15) is 47.5 Å². The lowest BCUT2D eigenvalue weighted by Crippen LogP contribution is -2.67. The highest BCUT2D eigenvalue weighted by Crippen LogP contribution is 2.59. The lowest BCUT2D eigenvalue weighted by Gasteiger charge is -2.58. The quantitative estimate of drug-likeness (QED) is 0.487. The zero-order valence-electron chi connectivity index (χ0n) is 16.4. The van der Waals surface area contributed by atoms with E-state index < -0.39 is 47.4 Å². The predicted octanol–water partition coefficient (Wildman–Crippen LogP) is 1.21. The topological polar surface area (TPSA) is 113 Å². The molecular weight excluding hydrogens is 352 g/mol. The van der Waals surface area contributed by atoms with E-state index in [1.165, 1.54) is 6.92 Å². The fourth-order valence-electron chi connectivity index (χ4n) is 4.96. The van der Waals surface area contributed by atoms with Gasteiger partial charge in [-0.25, -0.2) is 9.59 Å². The Morgan fingerprint density at radius 3 is 2.56 bits per heavy atom. The Labute approximate surface area is 158 Å². The Hall–Kier alpha value is -1.70. The molecule has 7 atom stereocenters. The van der Waals surface area contributed by atoms with Crippen molar-refractivity contribution in [1.82, 2.24) is 0 Å². The van der Waals surface area contributed by atoms with Crippen LogP contribution in [0.2, 0.25) is 0 Å². The molecule has 0 aromatic carbocycles. The van der Waals surface area contributed by atoms with Crippen LogP contribution in [0.15, 0.2) is 22.8 Å². The Bertz CT molecular complexity index is 739. The Morgan fingerprint density at radius 2 is 1.96 bits per heavy atom. The number of allylic oxidation sites excluding steroid dienone is 1. The fourth-order valence-corrected chi connectivity index (χ4v) is 4.96. The van der Waals surface area contributed by atoms with Crippen molar-refractivity contribution in [2.45, 2.75) is 71.6 Å². The normalized spacial score (nSPS) is 44.5. The van der Waals surface area contributed by atoms with Gasteiger partial charge in [0.1, 0.15) is 12.2 Å². The molecule has 0 unspecified atom stereocenters. The monoisotopic (exact) mass is 380 g/mol. The van der Waals surface area contributed by atoms with Crippen LogP contribution in [0.25, 0.3) is 0 Å². The van der Waals surface area contributed by atoms with Gasteiger partial charge in [-0.1, -0.05) is 19.9 Å². The molecule has 0 aromatic rings. The molecule has 3 aliphatic rings. The third kappa shape index (κ3) is 2.59. The number of carbonyl (C=O) groups is 2. The number of fused-ring (bicyclic) bond motifs is 2. The maximum absolute atomic E-state index is 12.2. The summed E-state index contributed by atoms with van der Waals surface area (Å²) in [7, 11) is 0. The van der Waals surface area contributed by atoms with E-state index in [0.29, 0.717) is 18.4 Å². The largest absolute Gasteiger partial charge is 0.459 e. The molecule has 27 heavy (non-hydrogen) atoms. The first-order valence-corrected chi connectivity index (χ1v) is 9.37. The maximum Gasteiger partial charge on any atom is 0.336 e. The molecule has 0 radical (unpaired) electrons. The molecule has 0 aromatic heterocycles. The van der Waals surface area contributed by atoms with Gasteiger partial charge < -0.3 is 24.8 Å². The molecule has 2 saturated carbocycles. The number of hydrogen-bond acceptors (Lipinski definition) is 7. The van der Waals surface area contributed by atoms with Gasteiger partial charge >= 0.3 is 11.9 Å². The summed E-state index contributed by atoms with van der Waals surface area (Å²) in [6, 6.07) is 0. The summed E-state index contributed by atoms with van der Waals surface area (Å²) < 4.78 is 10.7. The minimum Gasteiger partial charge on any atom is -0.459 e. The average molecular weight is 380 g/mol. The summed E-state index contributed by atoms with van der Waals surface area (Å²) in [5.41, 5.74) is -0.271. The molecule has 7 nitrogen and oxygen atoms in total. The fraction of sp³-hybridized carbons (Fsp3) is 0.700. The van der Waals surface area contributed by atoms with E-state index in [0.717, 1.165) is 0 Å². The van der Waals surface area contributed by atoms with E-state index in [-0.39, 0.29) is 17.1 Å². The molecule has 3 N–H and O–H groups in total. The van der Waals surface area contributed by atoms with Crippen molar-refractivity contribution in [3.05, 3.63) is 22.8 Å². The van der Waals surface area contributed by atoms with Crippen molar-refractivity contribution < 1.29 is 34.4 Å². The lowest BCUT2D eigenvalue weighted by atomic mass is 9.50. The second kappa shape index (κ2) is 6.43. The Kier molecular flexibility index (Phi) is 4.77. The van der Waals surface area contributed by atoms with E-state index in [2.05, 4.69) is 0 Å². The van der Waals surface area contributed by atoms with Crippen LogP contribution in [-0.4, -0.2) is 51.4 Å². The van der Waals surface area contributed by atoms with Gasteiger partial charge in [0.25, 0.3) is 5.79 Å². The van der Waals surface area contributed by atoms with Crippen molar-refractivity contribution in [3.63, 3.8) is 0 Å². The van der Waals surface area contributed by atoms with Crippen LogP contribution in [0.3, 0.4) is 0 Å². The third-order valence-electron chi connectivity index (χ3n) is 7.10. The first-order valence-electron chi connectivity index (χ1n) is 9.37. The van der Waals surface area contributed by atoms with Gasteiger partial charge in [-0.15, -0.1) is 0 Å². The molecule has 2 aliphatic carbocycles. The number of rotatable bonds is 2. The highest BCUT2D eigenvalue weighted by atomic mass is 16.7. The molecule has 0 bridgehead atoms. The van der Waals surface area contributed by atoms with E-state index >= 15 is 0 Å². The smallest absolute Gasteiger partial charge is 0.336 e. The summed E-state index contributed by atoms with van der Waals surface area (Å²) in [4.78, 5) is 24.2. The molecule has 7 heteroatoms. The highest BCUT2D eigenvalue weighted by molar-refractivity contribution is 5.92. The van der Waals surface area contributed by atoms with Crippen molar-refractivity contribution in [2.75, 3.05) is 0 Å². The number of aliphatic hydroxyl groups excluding tert-OH is 2. The molecular formula is C20H28O7. The van der Waals surface area contributed by atoms with E-state index in [4.69, 9.17) is 9.47 Å². The number of aliphatic hydroxyl groups is 3. The molecule has 150 valence electrons. The van der Waals surface area contributed by atoms with Gasteiger partial charge in [0.2, 0.25) is 0 Å². The van der Waals surface area contributed by atoms with E-state index in [1.54, 1.807) is 26.8 Å². The summed E-state index contributed by atoms with van der Waals surface area (Å²) in [5, 5.41) is 32.9. The SMILES string of the molecule is C/C=C(\C)C(=O)O[C@H]1CC[C@@H]2[C@@H](O)[C@]3(O)OC(=O)C(C)=C3[C@@H](O)[C@]2(C)[C@H]1C. The highest BCUT2D eigenvalue weighted by Gasteiger charge is 2.68. The first-order chi connectivity index (χ1) is 12.5. The summed E-state index contributed by atoms with van der Waals surface area (Å²) in [6.07, 6.45) is -0.440. The van der Waals surface area contributed by atoms with Gasteiger partial charge in [0.15, 0.2) is 0 Å². The number of ether oxygens (including phenoxy) is 2. The second-order valence-corrected chi connectivity index (χ2v) is 8.23. The standard InChI is InChI=1S/C20H28O7/c1-6-9(2)17(23)26-13-8-7-12-15(21)20(25)14(10(3)18(24)27-20)16(22)19(12,5)11(13)4/h6,11-13,15-16,21-22,25H,7-8H2,1-5H3/b9-6+/t11-,12+,13-,15+,16+,19+,20+/m0/s1. The zero-order chi connectivity index (χ0) is 20.3. The Balaban J connectivity index is 1.99. The summed E-state index contributed by atoms with van der Waals surface area (Å²) in [6.45, 7) is 8.57. The number of esters is 2. The van der Waals surface area contributed by atoms with Gasteiger partial charge in [-0.05, 0) is 33.6 Å². The van der Waals surface area contributed by atoms with Crippen molar-refractivity contribution in [2.24, 2.45) is 17.3 Å². The summed E-state index contributed by atoms with van der Waals surface area (Å²) >= 11 is 0. The van der Waals surface area contributed by atoms with Gasteiger partial charge in [-0.3, -0.25) is 0 Å². The van der Waals surface area contributed by atoms with Crippen molar-refractivity contribution in [3.8, 4) is 0 Å². The Morgan fingerprint density at radius 1 is 1.33 bits per heavy atom. The van der Waals surface area contributed by atoms with Crippen LogP contribution in [0, 0.1) is 17.3 Å². The molecule has 1 heterocycles. The molecule has 0 saturated heterocycles. The lowest BCUT2D eigenvalue weighted by molar-refractivity contribution is -0.279. The molecule has 3 rings (SSSR count). The van der Waals surface area contributed by atoms with Crippen LogP contribution >= 0.6 is 0 Å².